The molecule has 0 aromatic carbocycles. The molecule has 2 N–H and O–H groups in total. The van der Waals surface area contributed by atoms with Crippen molar-refractivity contribution >= 4 is 11.9 Å². The van der Waals surface area contributed by atoms with Crippen LogP contribution in [0, 0.1) is 0 Å². The number of amides is 1. The van der Waals surface area contributed by atoms with Crippen molar-refractivity contribution in [2.45, 2.75) is 6.42 Å². The summed E-state index contributed by atoms with van der Waals surface area (Å²) < 4.78 is 0. The monoisotopic (exact) mass is 198 g/mol. The highest BCUT2D eigenvalue weighted by atomic mass is 16.4. The molecule has 0 aliphatic carbocycles. The highest BCUT2D eigenvalue weighted by Crippen LogP contribution is 2.00. The molecule has 0 aromatic rings. The van der Waals surface area contributed by atoms with E-state index in [-0.39, 0.29) is 11.5 Å². The second-order valence-electron chi connectivity index (χ2n) is 3.28. The van der Waals surface area contributed by atoms with Gasteiger partial charge in [0.2, 0.25) is 5.91 Å². The van der Waals surface area contributed by atoms with Crippen LogP contribution in [0.15, 0.2) is 12.2 Å². The van der Waals surface area contributed by atoms with Crippen LogP contribution in [0.1, 0.15) is 6.42 Å². The standard InChI is InChI=1S/C9H14N2O3/c1-7(9(13)14)6-11-4-2-8(12)10-3-5-11/h1-6H2,(H,10,12)(H,13,14). The Kier molecular flexibility index (Phi) is 3.64. The van der Waals surface area contributed by atoms with Crippen LogP contribution in [-0.2, 0) is 9.59 Å². The van der Waals surface area contributed by atoms with Crippen molar-refractivity contribution in [3.8, 4) is 0 Å². The minimum absolute atomic E-state index is 0.0217. The van der Waals surface area contributed by atoms with E-state index in [1.807, 2.05) is 4.90 Å². The van der Waals surface area contributed by atoms with E-state index in [0.717, 1.165) is 0 Å². The summed E-state index contributed by atoms with van der Waals surface area (Å²) in [6.45, 7) is 5.62. The summed E-state index contributed by atoms with van der Waals surface area (Å²) in [7, 11) is 0. The predicted octanol–water partition coefficient (Wildman–Crippen LogP) is -0.551. The SMILES string of the molecule is C=C(CN1CCNC(=O)CC1)C(=O)O. The number of carboxylic acid groups (broad SMARTS) is 1. The summed E-state index contributed by atoms with van der Waals surface area (Å²) in [5.74, 6) is -0.957. The van der Waals surface area contributed by atoms with E-state index in [1.54, 1.807) is 0 Å². The van der Waals surface area contributed by atoms with Crippen LogP contribution in [0.25, 0.3) is 0 Å². The molecule has 1 fully saturated rings. The Bertz CT molecular complexity index is 263. The smallest absolute Gasteiger partial charge is 0.332 e. The van der Waals surface area contributed by atoms with Gasteiger partial charge in [0.15, 0.2) is 0 Å². The van der Waals surface area contributed by atoms with Gasteiger partial charge in [0.05, 0.1) is 0 Å². The lowest BCUT2D eigenvalue weighted by molar-refractivity contribution is -0.132. The molecule has 0 aromatic heterocycles. The molecule has 14 heavy (non-hydrogen) atoms. The zero-order valence-electron chi connectivity index (χ0n) is 7.95. The number of nitrogens with zero attached hydrogens (tertiary/aromatic N) is 1. The number of carbonyl (C=O) groups excluding carboxylic acids is 1. The molecule has 5 heteroatoms. The molecule has 0 bridgehead atoms. The second-order valence-corrected chi connectivity index (χ2v) is 3.28. The van der Waals surface area contributed by atoms with Gasteiger partial charge < -0.3 is 10.4 Å². The van der Waals surface area contributed by atoms with Crippen LogP contribution < -0.4 is 5.32 Å². The summed E-state index contributed by atoms with van der Waals surface area (Å²) in [5, 5.41) is 11.3. The molecule has 1 aliphatic rings. The topological polar surface area (TPSA) is 69.6 Å². The maximum Gasteiger partial charge on any atom is 0.332 e. The Morgan fingerprint density at radius 1 is 1.57 bits per heavy atom. The maximum atomic E-state index is 11.0. The fourth-order valence-corrected chi connectivity index (χ4v) is 1.31. The largest absolute Gasteiger partial charge is 0.478 e. The van der Waals surface area contributed by atoms with Gasteiger partial charge in [0.25, 0.3) is 0 Å². The normalized spacial score (nSPS) is 18.4. The van der Waals surface area contributed by atoms with Crippen molar-refractivity contribution in [3.63, 3.8) is 0 Å². The first kappa shape index (κ1) is 10.7. The third kappa shape index (κ3) is 3.18. The molecule has 78 valence electrons. The predicted molar refractivity (Wildman–Crippen MR) is 50.8 cm³/mol. The Hall–Kier alpha value is -1.36. The molecule has 0 spiro atoms. The summed E-state index contributed by atoms with van der Waals surface area (Å²) in [4.78, 5) is 23.4. The third-order valence-electron chi connectivity index (χ3n) is 2.12. The first-order chi connectivity index (χ1) is 6.59. The molecular weight excluding hydrogens is 184 g/mol. The van der Waals surface area contributed by atoms with Crippen molar-refractivity contribution in [2.75, 3.05) is 26.2 Å². The summed E-state index contributed by atoms with van der Waals surface area (Å²) >= 11 is 0. The van der Waals surface area contributed by atoms with Crippen molar-refractivity contribution in [1.82, 2.24) is 10.2 Å². The maximum absolute atomic E-state index is 11.0. The quantitative estimate of drug-likeness (QED) is 0.597. The third-order valence-corrected chi connectivity index (χ3v) is 2.12. The molecule has 5 nitrogen and oxygen atoms in total. The number of nitrogens with one attached hydrogen (secondary N) is 1. The molecular formula is C9H14N2O3. The summed E-state index contributed by atoms with van der Waals surface area (Å²) in [6, 6.07) is 0. The van der Waals surface area contributed by atoms with Crippen LogP contribution in [0.3, 0.4) is 0 Å². The van der Waals surface area contributed by atoms with Crippen molar-refractivity contribution in [3.05, 3.63) is 12.2 Å². The van der Waals surface area contributed by atoms with E-state index >= 15 is 0 Å². The average Bonchev–Trinajstić information content (AvgIpc) is 2.31. The van der Waals surface area contributed by atoms with Gasteiger partial charge in [-0.2, -0.15) is 0 Å². The van der Waals surface area contributed by atoms with Crippen LogP contribution in [0.4, 0.5) is 0 Å². The second kappa shape index (κ2) is 4.76. The molecule has 1 amide bonds. The van der Waals surface area contributed by atoms with Crippen molar-refractivity contribution < 1.29 is 14.7 Å². The molecule has 1 heterocycles. The van der Waals surface area contributed by atoms with Crippen LogP contribution in [0.5, 0.6) is 0 Å². The fourth-order valence-electron chi connectivity index (χ4n) is 1.31. The van der Waals surface area contributed by atoms with Gasteiger partial charge >= 0.3 is 5.97 Å². The first-order valence-corrected chi connectivity index (χ1v) is 4.49. The van der Waals surface area contributed by atoms with E-state index in [1.165, 1.54) is 0 Å². The van der Waals surface area contributed by atoms with Gasteiger partial charge in [0.1, 0.15) is 0 Å². The number of rotatable bonds is 3. The van der Waals surface area contributed by atoms with E-state index in [9.17, 15) is 9.59 Å². The molecule has 1 aliphatic heterocycles. The Labute approximate surface area is 82.4 Å². The summed E-state index contributed by atoms with van der Waals surface area (Å²) in [6.07, 6.45) is 0.424. The average molecular weight is 198 g/mol. The van der Waals surface area contributed by atoms with Gasteiger partial charge in [-0.1, -0.05) is 6.58 Å². The molecule has 1 saturated heterocycles. The number of carboxylic acids is 1. The lowest BCUT2D eigenvalue weighted by atomic mass is 10.2. The first-order valence-electron chi connectivity index (χ1n) is 4.49. The van der Waals surface area contributed by atoms with Crippen molar-refractivity contribution in [1.29, 1.82) is 0 Å². The number of carbonyl (C=O) groups is 2. The van der Waals surface area contributed by atoms with E-state index in [4.69, 9.17) is 5.11 Å². The molecule has 0 unspecified atom stereocenters. The zero-order valence-corrected chi connectivity index (χ0v) is 7.95. The summed E-state index contributed by atoms with van der Waals surface area (Å²) in [5.41, 5.74) is 0.166. The lowest BCUT2D eigenvalue weighted by Crippen LogP contribution is -2.31. The minimum Gasteiger partial charge on any atom is -0.478 e. The molecule has 1 rings (SSSR count). The highest BCUT2D eigenvalue weighted by molar-refractivity contribution is 5.86. The number of hydrogen-bond donors (Lipinski definition) is 2. The van der Waals surface area contributed by atoms with Gasteiger partial charge in [-0.25, -0.2) is 4.79 Å². The Morgan fingerprint density at radius 3 is 2.93 bits per heavy atom. The number of hydrogen-bond acceptors (Lipinski definition) is 3. The van der Waals surface area contributed by atoms with Crippen LogP contribution in [-0.4, -0.2) is 48.1 Å². The van der Waals surface area contributed by atoms with Gasteiger partial charge in [-0.3, -0.25) is 9.69 Å². The Morgan fingerprint density at radius 2 is 2.29 bits per heavy atom. The number of aliphatic carboxylic acids is 1. The molecule has 0 atom stereocenters. The lowest BCUT2D eigenvalue weighted by Gasteiger charge is -2.18. The minimum atomic E-state index is -0.978. The van der Waals surface area contributed by atoms with E-state index < -0.39 is 5.97 Å². The fraction of sp³-hybridized carbons (Fsp3) is 0.556. The molecule has 0 radical (unpaired) electrons. The van der Waals surface area contributed by atoms with Gasteiger partial charge in [-0.15, -0.1) is 0 Å². The highest BCUT2D eigenvalue weighted by Gasteiger charge is 2.15. The van der Waals surface area contributed by atoms with Gasteiger partial charge in [-0.05, 0) is 0 Å². The van der Waals surface area contributed by atoms with E-state index in [0.29, 0.717) is 32.6 Å². The van der Waals surface area contributed by atoms with E-state index in [2.05, 4.69) is 11.9 Å². The Balaban J connectivity index is 2.41. The molecule has 0 saturated carbocycles. The van der Waals surface area contributed by atoms with Crippen molar-refractivity contribution in [2.24, 2.45) is 0 Å². The van der Waals surface area contributed by atoms with Crippen LogP contribution >= 0.6 is 0 Å². The zero-order chi connectivity index (χ0) is 10.6. The van der Waals surface area contributed by atoms with Gasteiger partial charge in [0, 0.05) is 38.2 Å². The van der Waals surface area contributed by atoms with Crippen LogP contribution in [0.2, 0.25) is 0 Å².